The van der Waals surface area contributed by atoms with Crippen LogP contribution < -0.4 is 9.47 Å². The number of ether oxygens (including phenoxy) is 4. The average Bonchev–Trinajstić information content (AvgIpc) is 2.80. The Bertz CT molecular complexity index is 899. The predicted octanol–water partition coefficient (Wildman–Crippen LogP) is 4.43. The summed E-state index contributed by atoms with van der Waals surface area (Å²) in [5.74, 6) is 0.914. The molecule has 3 aromatic rings. The van der Waals surface area contributed by atoms with E-state index in [1.165, 1.54) is 7.11 Å². The van der Waals surface area contributed by atoms with Gasteiger partial charge in [-0.3, -0.25) is 4.79 Å². The maximum atomic E-state index is 11.9. The van der Waals surface area contributed by atoms with Gasteiger partial charge in [-0.1, -0.05) is 60.7 Å². The third-order valence-electron chi connectivity index (χ3n) is 4.82. The van der Waals surface area contributed by atoms with E-state index in [-0.39, 0.29) is 6.79 Å². The molecule has 0 aliphatic heterocycles. The van der Waals surface area contributed by atoms with Crippen molar-refractivity contribution in [3.63, 3.8) is 0 Å². The van der Waals surface area contributed by atoms with E-state index in [1.807, 2.05) is 66.7 Å². The van der Waals surface area contributed by atoms with Crippen molar-refractivity contribution in [3.8, 4) is 11.5 Å². The van der Waals surface area contributed by atoms with Crippen molar-refractivity contribution in [2.45, 2.75) is 5.60 Å². The Hall–Kier alpha value is -3.15. The van der Waals surface area contributed by atoms with E-state index in [2.05, 4.69) is 0 Å². The van der Waals surface area contributed by atoms with Crippen LogP contribution in [0.2, 0.25) is 0 Å². The lowest BCUT2D eigenvalue weighted by Crippen LogP contribution is -2.32. The minimum Gasteiger partial charge on any atom is -0.497 e. The molecule has 0 unspecified atom stereocenters. The summed E-state index contributed by atoms with van der Waals surface area (Å²) in [6.07, 6.45) is 0.743. The van der Waals surface area contributed by atoms with Crippen LogP contribution in [0, 0.1) is 0 Å². The van der Waals surface area contributed by atoms with Crippen molar-refractivity contribution in [2.24, 2.45) is 0 Å². The summed E-state index contributed by atoms with van der Waals surface area (Å²) in [5, 5.41) is 0. The van der Waals surface area contributed by atoms with Crippen LogP contribution in [0.4, 0.5) is 0 Å². The summed E-state index contributed by atoms with van der Waals surface area (Å²) in [6.45, 7) is -0.0104. The molecule has 5 heteroatoms. The summed E-state index contributed by atoms with van der Waals surface area (Å²) in [5.41, 5.74) is 1.75. The normalized spacial score (nSPS) is 11.1. The molecule has 0 radical (unpaired) electrons. The fourth-order valence-electron chi connectivity index (χ4n) is 3.54. The second-order valence-electron chi connectivity index (χ2n) is 6.38. The van der Waals surface area contributed by atoms with Crippen molar-refractivity contribution in [2.75, 3.05) is 28.1 Å². The maximum Gasteiger partial charge on any atom is 0.188 e. The third-order valence-corrected chi connectivity index (χ3v) is 4.82. The lowest BCUT2D eigenvalue weighted by atomic mass is 9.79. The van der Waals surface area contributed by atoms with Crippen LogP contribution in [0.1, 0.15) is 27.0 Å². The highest BCUT2D eigenvalue weighted by atomic mass is 16.7. The van der Waals surface area contributed by atoms with E-state index in [9.17, 15) is 4.79 Å². The SMILES string of the molecule is COCOc1c(C=O)cc(OC)cc1C(OC)(c1ccccc1)c1ccccc1. The van der Waals surface area contributed by atoms with Crippen LogP contribution in [-0.4, -0.2) is 34.4 Å². The number of methoxy groups -OCH3 is 3. The largest absolute Gasteiger partial charge is 0.497 e. The van der Waals surface area contributed by atoms with Crippen molar-refractivity contribution in [1.82, 2.24) is 0 Å². The molecular formula is C24H24O5. The van der Waals surface area contributed by atoms with E-state index in [1.54, 1.807) is 20.3 Å². The molecule has 0 aliphatic rings. The topological polar surface area (TPSA) is 54.0 Å². The van der Waals surface area contributed by atoms with Crippen LogP contribution in [0.25, 0.3) is 0 Å². The molecule has 0 saturated carbocycles. The number of benzene rings is 3. The number of hydrogen-bond acceptors (Lipinski definition) is 5. The van der Waals surface area contributed by atoms with Crippen LogP contribution in [0.5, 0.6) is 11.5 Å². The molecule has 0 atom stereocenters. The molecule has 3 rings (SSSR count). The van der Waals surface area contributed by atoms with Gasteiger partial charge < -0.3 is 18.9 Å². The molecule has 0 spiro atoms. The zero-order chi connectivity index (χ0) is 20.7. The lowest BCUT2D eigenvalue weighted by Gasteiger charge is -2.36. The Labute approximate surface area is 170 Å². The van der Waals surface area contributed by atoms with Crippen molar-refractivity contribution in [1.29, 1.82) is 0 Å². The molecule has 0 fully saturated rings. The molecule has 0 saturated heterocycles. The molecule has 0 N–H and O–H groups in total. The Morgan fingerprint density at radius 2 is 1.45 bits per heavy atom. The van der Waals surface area contributed by atoms with Gasteiger partial charge in [0.15, 0.2) is 13.1 Å². The predicted molar refractivity (Wildman–Crippen MR) is 111 cm³/mol. The van der Waals surface area contributed by atoms with Crippen LogP contribution in [0.3, 0.4) is 0 Å². The van der Waals surface area contributed by atoms with Gasteiger partial charge in [-0.05, 0) is 23.3 Å². The standard InChI is InChI=1S/C24H24O5/c1-26-17-29-23-18(16-25)14-21(27-2)15-22(23)24(28-3,19-10-6-4-7-11-19)20-12-8-5-9-13-20/h4-16H,17H2,1-3H3. The number of carbonyl (C=O) groups excluding carboxylic acids is 1. The Morgan fingerprint density at radius 3 is 1.90 bits per heavy atom. The second-order valence-corrected chi connectivity index (χ2v) is 6.38. The Kier molecular flexibility index (Phi) is 6.65. The van der Waals surface area contributed by atoms with Gasteiger partial charge in [-0.15, -0.1) is 0 Å². The first-order chi connectivity index (χ1) is 14.2. The number of carbonyl (C=O) groups is 1. The van der Waals surface area contributed by atoms with E-state index >= 15 is 0 Å². The smallest absolute Gasteiger partial charge is 0.188 e. The average molecular weight is 392 g/mol. The minimum atomic E-state index is -1.03. The zero-order valence-corrected chi connectivity index (χ0v) is 16.8. The van der Waals surface area contributed by atoms with Crippen LogP contribution in [-0.2, 0) is 15.1 Å². The maximum absolute atomic E-state index is 11.9. The summed E-state index contributed by atoms with van der Waals surface area (Å²) in [7, 11) is 4.73. The number of rotatable bonds is 9. The zero-order valence-electron chi connectivity index (χ0n) is 16.8. The van der Waals surface area contributed by atoms with E-state index in [0.29, 0.717) is 22.6 Å². The van der Waals surface area contributed by atoms with Crippen LogP contribution in [0.15, 0.2) is 72.8 Å². The van der Waals surface area contributed by atoms with Gasteiger partial charge in [0.2, 0.25) is 0 Å². The number of aldehydes is 1. The second kappa shape index (κ2) is 9.37. The van der Waals surface area contributed by atoms with Crippen LogP contribution >= 0.6 is 0 Å². The molecule has 0 heterocycles. The van der Waals surface area contributed by atoms with Gasteiger partial charge >= 0.3 is 0 Å². The van der Waals surface area contributed by atoms with E-state index in [4.69, 9.17) is 18.9 Å². The van der Waals surface area contributed by atoms with Crippen molar-refractivity contribution in [3.05, 3.63) is 95.1 Å². The summed E-state index contributed by atoms with van der Waals surface area (Å²) >= 11 is 0. The van der Waals surface area contributed by atoms with Crippen molar-refractivity contribution < 1.29 is 23.7 Å². The van der Waals surface area contributed by atoms with Gasteiger partial charge in [0, 0.05) is 19.8 Å². The highest BCUT2D eigenvalue weighted by Gasteiger charge is 2.40. The van der Waals surface area contributed by atoms with Crippen molar-refractivity contribution >= 4 is 6.29 Å². The lowest BCUT2D eigenvalue weighted by molar-refractivity contribution is 0.0343. The number of hydrogen-bond donors (Lipinski definition) is 0. The molecule has 0 aromatic heterocycles. The fourth-order valence-corrected chi connectivity index (χ4v) is 3.54. The summed E-state index contributed by atoms with van der Waals surface area (Å²) in [4.78, 5) is 11.9. The molecule has 5 nitrogen and oxygen atoms in total. The molecule has 0 aliphatic carbocycles. The monoisotopic (exact) mass is 392 g/mol. The van der Waals surface area contributed by atoms with E-state index < -0.39 is 5.60 Å². The summed E-state index contributed by atoms with van der Waals surface area (Å²) in [6, 6.07) is 23.1. The molecule has 3 aromatic carbocycles. The molecule has 0 bridgehead atoms. The van der Waals surface area contributed by atoms with Gasteiger partial charge in [0.25, 0.3) is 0 Å². The molecular weight excluding hydrogens is 368 g/mol. The van der Waals surface area contributed by atoms with Gasteiger partial charge in [-0.25, -0.2) is 0 Å². The first kappa shape index (κ1) is 20.6. The first-order valence-corrected chi connectivity index (χ1v) is 9.16. The van der Waals surface area contributed by atoms with Gasteiger partial charge in [0.1, 0.15) is 17.1 Å². The van der Waals surface area contributed by atoms with Gasteiger partial charge in [0.05, 0.1) is 12.7 Å². The Balaban J connectivity index is 2.41. The highest BCUT2D eigenvalue weighted by molar-refractivity contribution is 5.82. The molecule has 29 heavy (non-hydrogen) atoms. The summed E-state index contributed by atoms with van der Waals surface area (Å²) < 4.78 is 22.7. The van der Waals surface area contributed by atoms with E-state index in [0.717, 1.165) is 17.4 Å². The first-order valence-electron chi connectivity index (χ1n) is 9.16. The Morgan fingerprint density at radius 1 is 0.862 bits per heavy atom. The third kappa shape index (κ3) is 3.88. The quantitative estimate of drug-likeness (QED) is 0.306. The fraction of sp³-hybridized carbons (Fsp3) is 0.208. The minimum absolute atomic E-state index is 0.0104. The molecule has 0 amide bonds. The molecule has 150 valence electrons. The van der Waals surface area contributed by atoms with Gasteiger partial charge in [-0.2, -0.15) is 0 Å². The highest BCUT2D eigenvalue weighted by Crippen LogP contribution is 2.46.